The monoisotopic (exact) mass is 246 g/mol. The van der Waals surface area contributed by atoms with Crippen molar-refractivity contribution in [3.8, 4) is 0 Å². The Balaban J connectivity index is 1.99. The van der Waals surface area contributed by atoms with E-state index < -0.39 is 11.0 Å². The largest absolute Gasteiger partial charge is 0.465 e. The summed E-state index contributed by atoms with van der Waals surface area (Å²) in [6, 6.07) is 0. The van der Waals surface area contributed by atoms with Crippen LogP contribution in [-0.4, -0.2) is 24.3 Å². The lowest BCUT2D eigenvalue weighted by molar-refractivity contribution is -0.155. The number of carbonyl (C=O) groups excluding carboxylic acids is 1. The van der Waals surface area contributed by atoms with E-state index in [1.165, 1.54) is 11.1 Å². The van der Waals surface area contributed by atoms with Crippen molar-refractivity contribution in [2.75, 3.05) is 6.61 Å². The summed E-state index contributed by atoms with van der Waals surface area (Å²) in [5.41, 5.74) is 1.72. The van der Waals surface area contributed by atoms with E-state index in [0.717, 1.165) is 19.3 Å². The summed E-state index contributed by atoms with van der Waals surface area (Å²) in [4.78, 5) is 12.4. The molecule has 1 aliphatic carbocycles. The van der Waals surface area contributed by atoms with Gasteiger partial charge in [0, 0.05) is 5.92 Å². The number of rotatable bonds is 0. The summed E-state index contributed by atoms with van der Waals surface area (Å²) in [7, 11) is 0. The van der Waals surface area contributed by atoms with Gasteiger partial charge < -0.3 is 9.47 Å². The quantitative estimate of drug-likeness (QED) is 0.486. The third-order valence-corrected chi connectivity index (χ3v) is 5.24. The van der Waals surface area contributed by atoms with Crippen molar-refractivity contribution in [1.82, 2.24) is 0 Å². The standard InChI is InChI=1S/C15H18O3/c1-9-3-4-15-11(8-17-13(15)16)12-5-10(2)7-14(15,6-9)18-12/h6-7,11-12H,3-5,8H2,1-2H3/t11-,12+,14-,15+/m0/s1. The molecule has 0 aromatic carbocycles. The number of fused-ring (bicyclic) bond motifs is 2. The van der Waals surface area contributed by atoms with Gasteiger partial charge >= 0.3 is 5.97 Å². The Kier molecular flexibility index (Phi) is 1.85. The van der Waals surface area contributed by atoms with Gasteiger partial charge in [-0.2, -0.15) is 0 Å². The molecule has 3 heteroatoms. The predicted molar refractivity (Wildman–Crippen MR) is 65.9 cm³/mol. The molecule has 0 saturated carbocycles. The maximum atomic E-state index is 12.4. The van der Waals surface area contributed by atoms with Crippen molar-refractivity contribution in [3.63, 3.8) is 0 Å². The van der Waals surface area contributed by atoms with Crippen LogP contribution in [0.1, 0.15) is 33.1 Å². The fourth-order valence-corrected chi connectivity index (χ4v) is 4.51. The van der Waals surface area contributed by atoms with Crippen LogP contribution in [0.15, 0.2) is 23.3 Å². The topological polar surface area (TPSA) is 35.5 Å². The fourth-order valence-electron chi connectivity index (χ4n) is 4.51. The Hall–Kier alpha value is -1.09. The third-order valence-electron chi connectivity index (χ3n) is 5.24. The van der Waals surface area contributed by atoms with Gasteiger partial charge in [0.25, 0.3) is 0 Å². The molecule has 3 nitrogen and oxygen atoms in total. The average molecular weight is 246 g/mol. The first kappa shape index (κ1) is 10.8. The van der Waals surface area contributed by atoms with Crippen LogP contribution in [0.25, 0.3) is 0 Å². The van der Waals surface area contributed by atoms with E-state index in [9.17, 15) is 4.79 Å². The van der Waals surface area contributed by atoms with Crippen molar-refractivity contribution in [1.29, 1.82) is 0 Å². The van der Waals surface area contributed by atoms with E-state index in [-0.39, 0.29) is 18.0 Å². The molecule has 0 aromatic heterocycles. The van der Waals surface area contributed by atoms with E-state index in [4.69, 9.17) is 9.47 Å². The first-order valence-electron chi connectivity index (χ1n) is 6.79. The van der Waals surface area contributed by atoms with Gasteiger partial charge in [-0.05, 0) is 45.3 Å². The molecule has 4 aliphatic rings. The molecular weight excluding hydrogens is 228 g/mol. The van der Waals surface area contributed by atoms with E-state index >= 15 is 0 Å². The summed E-state index contributed by atoms with van der Waals surface area (Å²) in [6.45, 7) is 4.82. The van der Waals surface area contributed by atoms with Crippen molar-refractivity contribution in [2.24, 2.45) is 11.3 Å². The molecule has 2 bridgehead atoms. The number of cyclic esters (lactones) is 1. The Morgan fingerprint density at radius 2 is 2.06 bits per heavy atom. The van der Waals surface area contributed by atoms with Crippen LogP contribution in [0, 0.1) is 11.3 Å². The maximum absolute atomic E-state index is 12.4. The number of ether oxygens (including phenoxy) is 2. The van der Waals surface area contributed by atoms with Crippen LogP contribution >= 0.6 is 0 Å². The van der Waals surface area contributed by atoms with Gasteiger partial charge in [0.2, 0.25) is 0 Å². The summed E-state index contributed by atoms with van der Waals surface area (Å²) in [5.74, 6) is 0.202. The number of carbonyl (C=O) groups is 1. The molecule has 4 rings (SSSR count). The van der Waals surface area contributed by atoms with Crippen molar-refractivity contribution >= 4 is 5.97 Å². The van der Waals surface area contributed by atoms with Gasteiger partial charge in [0.15, 0.2) is 0 Å². The van der Waals surface area contributed by atoms with Gasteiger partial charge in [-0.25, -0.2) is 0 Å². The van der Waals surface area contributed by atoms with Crippen molar-refractivity contribution in [3.05, 3.63) is 23.3 Å². The van der Waals surface area contributed by atoms with Crippen LogP contribution < -0.4 is 0 Å². The molecule has 0 radical (unpaired) electrons. The zero-order valence-electron chi connectivity index (χ0n) is 10.9. The van der Waals surface area contributed by atoms with Crippen LogP contribution in [0.3, 0.4) is 0 Å². The minimum absolute atomic E-state index is 0.0373. The number of esters is 1. The smallest absolute Gasteiger partial charge is 0.316 e. The molecular formula is C15H18O3. The SMILES string of the molecule is CC1=C[C@@]23C=C(C)C[C@@H](O2)[C@@H]2COC(=O)[C@@]23CC1. The van der Waals surface area contributed by atoms with Crippen molar-refractivity contribution in [2.45, 2.75) is 44.8 Å². The Labute approximate surface area is 107 Å². The third kappa shape index (κ3) is 0.993. The molecule has 96 valence electrons. The number of allylic oxidation sites excluding steroid dienone is 1. The van der Waals surface area contributed by atoms with Crippen LogP contribution in [0.5, 0.6) is 0 Å². The van der Waals surface area contributed by atoms with Gasteiger partial charge in [0.05, 0.1) is 12.7 Å². The number of hydrogen-bond donors (Lipinski definition) is 0. The van der Waals surface area contributed by atoms with Gasteiger partial charge in [-0.15, -0.1) is 0 Å². The second kappa shape index (κ2) is 3.08. The van der Waals surface area contributed by atoms with E-state index in [0.29, 0.717) is 6.61 Å². The van der Waals surface area contributed by atoms with Gasteiger partial charge in [0.1, 0.15) is 11.0 Å². The average Bonchev–Trinajstić information content (AvgIpc) is 2.71. The number of hydrogen-bond acceptors (Lipinski definition) is 3. The highest BCUT2D eigenvalue weighted by molar-refractivity contribution is 5.84. The Morgan fingerprint density at radius 1 is 1.28 bits per heavy atom. The van der Waals surface area contributed by atoms with E-state index in [1.807, 2.05) is 0 Å². The first-order valence-corrected chi connectivity index (χ1v) is 6.79. The second-order valence-electron chi connectivity index (χ2n) is 6.31. The van der Waals surface area contributed by atoms with Gasteiger partial charge in [-0.3, -0.25) is 4.79 Å². The van der Waals surface area contributed by atoms with Crippen LogP contribution in [0.4, 0.5) is 0 Å². The Bertz CT molecular complexity index is 500. The molecule has 3 heterocycles. The molecule has 2 fully saturated rings. The van der Waals surface area contributed by atoms with Crippen LogP contribution in [0.2, 0.25) is 0 Å². The van der Waals surface area contributed by atoms with Gasteiger partial charge in [-0.1, -0.05) is 11.1 Å². The molecule has 2 saturated heterocycles. The Morgan fingerprint density at radius 3 is 2.89 bits per heavy atom. The van der Waals surface area contributed by atoms with Crippen molar-refractivity contribution < 1.29 is 14.3 Å². The molecule has 0 N–H and O–H groups in total. The van der Waals surface area contributed by atoms with Crippen LogP contribution in [-0.2, 0) is 14.3 Å². The molecule has 0 aromatic rings. The summed E-state index contributed by atoms with van der Waals surface area (Å²) < 4.78 is 11.7. The molecule has 4 atom stereocenters. The van der Waals surface area contributed by atoms with E-state index in [2.05, 4.69) is 26.0 Å². The molecule has 2 spiro atoms. The lowest BCUT2D eigenvalue weighted by Gasteiger charge is -2.42. The highest BCUT2D eigenvalue weighted by Gasteiger charge is 2.72. The maximum Gasteiger partial charge on any atom is 0.316 e. The molecule has 3 aliphatic heterocycles. The second-order valence-corrected chi connectivity index (χ2v) is 6.31. The van der Waals surface area contributed by atoms with E-state index in [1.54, 1.807) is 0 Å². The summed E-state index contributed by atoms with van der Waals surface area (Å²) in [5, 5.41) is 0. The molecule has 18 heavy (non-hydrogen) atoms. The highest BCUT2D eigenvalue weighted by atomic mass is 16.6. The zero-order valence-corrected chi connectivity index (χ0v) is 10.9. The highest BCUT2D eigenvalue weighted by Crippen LogP contribution is 2.63. The first-order chi connectivity index (χ1) is 8.57. The molecule has 0 unspecified atom stereocenters. The molecule has 0 amide bonds. The predicted octanol–water partition coefficient (Wildman–Crippen LogP) is 2.37. The summed E-state index contributed by atoms with van der Waals surface area (Å²) in [6.07, 6.45) is 7.31. The minimum Gasteiger partial charge on any atom is -0.465 e. The minimum atomic E-state index is -0.513. The lowest BCUT2D eigenvalue weighted by Crippen LogP contribution is -2.50. The lowest BCUT2D eigenvalue weighted by atomic mass is 9.61. The normalized spacial score (nSPS) is 49.1. The summed E-state index contributed by atoms with van der Waals surface area (Å²) >= 11 is 0. The zero-order chi connectivity index (χ0) is 12.5. The fraction of sp³-hybridized carbons (Fsp3) is 0.667.